The van der Waals surface area contributed by atoms with Gasteiger partial charge >= 0.3 is 0 Å². The smallest absolute Gasteiger partial charge is 0.225 e. The lowest BCUT2D eigenvalue weighted by Gasteiger charge is -2.13. The number of carbonyl (C=O) groups excluding carboxylic acids is 1. The highest BCUT2D eigenvalue weighted by Gasteiger charge is 2.21. The number of aromatic nitrogens is 3. The minimum absolute atomic E-state index is 0.0483. The lowest BCUT2D eigenvalue weighted by Crippen LogP contribution is -2.15. The van der Waals surface area contributed by atoms with E-state index in [4.69, 9.17) is 10.8 Å². The summed E-state index contributed by atoms with van der Waals surface area (Å²) >= 11 is 1.70. The highest BCUT2D eigenvalue weighted by Crippen LogP contribution is 2.36. The van der Waals surface area contributed by atoms with Gasteiger partial charge in [0, 0.05) is 13.2 Å². The van der Waals surface area contributed by atoms with Crippen molar-refractivity contribution in [2.24, 2.45) is 5.73 Å². The first-order chi connectivity index (χ1) is 10.7. The molecule has 118 valence electrons. The third-order valence-electron chi connectivity index (χ3n) is 3.88. The van der Waals surface area contributed by atoms with E-state index in [-0.39, 0.29) is 13.0 Å². The molecule has 0 aromatic carbocycles. The molecular weight excluding hydrogens is 300 g/mol. The van der Waals surface area contributed by atoms with Gasteiger partial charge in [0.15, 0.2) is 11.6 Å². The van der Waals surface area contributed by atoms with Crippen molar-refractivity contribution < 1.29 is 9.90 Å². The number of aryl methyl sites for hydroxylation is 2. The summed E-state index contributed by atoms with van der Waals surface area (Å²) in [5, 5.41) is 15.7. The average Bonchev–Trinajstić information content (AvgIpc) is 3.08. The Morgan fingerprint density at radius 3 is 3.00 bits per heavy atom. The number of amides is 1. The maximum Gasteiger partial charge on any atom is 0.225 e. The molecule has 6 nitrogen and oxygen atoms in total. The number of rotatable bonds is 6. The Hall–Kier alpha value is -1.73. The lowest BCUT2D eigenvalue weighted by atomic mass is 9.94. The van der Waals surface area contributed by atoms with Crippen LogP contribution in [0.1, 0.15) is 36.2 Å². The van der Waals surface area contributed by atoms with Crippen molar-refractivity contribution in [3.05, 3.63) is 22.3 Å². The number of nitrogens with zero attached hydrogens (tertiary/aromatic N) is 3. The molecule has 7 heteroatoms. The van der Waals surface area contributed by atoms with E-state index in [2.05, 4.69) is 15.5 Å². The second-order valence-electron chi connectivity index (χ2n) is 5.57. The van der Waals surface area contributed by atoms with Gasteiger partial charge in [-0.2, -0.15) is 5.10 Å². The lowest BCUT2D eigenvalue weighted by molar-refractivity contribution is -0.117. The van der Waals surface area contributed by atoms with E-state index in [1.165, 1.54) is 24.0 Å². The van der Waals surface area contributed by atoms with E-state index < -0.39 is 5.91 Å². The van der Waals surface area contributed by atoms with Crippen LogP contribution >= 0.6 is 11.3 Å². The minimum Gasteiger partial charge on any atom is -0.396 e. The second kappa shape index (κ2) is 6.58. The molecule has 3 N–H and O–H groups in total. The van der Waals surface area contributed by atoms with E-state index in [0.29, 0.717) is 18.8 Å². The molecule has 0 spiro atoms. The predicted octanol–water partition coefficient (Wildman–Crippen LogP) is 1.30. The van der Waals surface area contributed by atoms with Crippen LogP contribution in [0.2, 0.25) is 0 Å². The van der Waals surface area contributed by atoms with Crippen molar-refractivity contribution in [2.45, 2.75) is 45.1 Å². The molecule has 2 aromatic rings. The van der Waals surface area contributed by atoms with Crippen LogP contribution in [0.15, 0.2) is 5.38 Å². The summed E-state index contributed by atoms with van der Waals surface area (Å²) in [5.74, 6) is 0.829. The maximum absolute atomic E-state index is 11.1. The average molecular weight is 320 g/mol. The van der Waals surface area contributed by atoms with Gasteiger partial charge in [-0.1, -0.05) is 0 Å². The highest BCUT2D eigenvalue weighted by atomic mass is 32.1. The van der Waals surface area contributed by atoms with Crippen molar-refractivity contribution >= 4 is 17.2 Å². The normalized spacial score (nSPS) is 14.0. The molecule has 0 saturated heterocycles. The molecule has 0 unspecified atom stereocenters. The summed E-state index contributed by atoms with van der Waals surface area (Å²) in [5.41, 5.74) is 8.04. The van der Waals surface area contributed by atoms with Gasteiger partial charge in [0.1, 0.15) is 0 Å². The molecular formula is C15H20N4O2S. The number of carbonyl (C=O) groups is 1. The van der Waals surface area contributed by atoms with Crippen molar-refractivity contribution in [3.63, 3.8) is 0 Å². The Labute approximate surface area is 133 Å². The maximum atomic E-state index is 11.1. The van der Waals surface area contributed by atoms with Crippen LogP contribution in [0.25, 0.3) is 10.7 Å². The van der Waals surface area contributed by atoms with Crippen molar-refractivity contribution in [2.75, 3.05) is 6.61 Å². The molecule has 0 fully saturated rings. The van der Waals surface area contributed by atoms with E-state index in [0.717, 1.165) is 23.5 Å². The van der Waals surface area contributed by atoms with Gasteiger partial charge in [0.25, 0.3) is 0 Å². The molecule has 1 aliphatic carbocycles. The standard InChI is InChI=1S/C15H20N4O2S/c16-12(21)8-13-17-15(19(18-13)6-3-7-20)14-11-5-2-1-4-10(11)9-22-14/h9,20H,1-8H2,(H2,16,21). The number of fused-ring (bicyclic) bond motifs is 1. The van der Waals surface area contributed by atoms with Crippen LogP contribution in [-0.2, 0) is 30.6 Å². The second-order valence-corrected chi connectivity index (χ2v) is 6.45. The van der Waals surface area contributed by atoms with Crippen molar-refractivity contribution in [3.8, 4) is 10.7 Å². The number of aliphatic hydroxyl groups is 1. The van der Waals surface area contributed by atoms with Gasteiger partial charge in [-0.3, -0.25) is 4.79 Å². The minimum atomic E-state index is -0.431. The Bertz CT molecular complexity index is 677. The molecule has 2 aromatic heterocycles. The Balaban J connectivity index is 1.98. The Kier molecular flexibility index (Phi) is 4.54. The Morgan fingerprint density at radius 1 is 1.41 bits per heavy atom. The molecule has 0 atom stereocenters. The number of hydrogen-bond donors (Lipinski definition) is 2. The topological polar surface area (TPSA) is 94.0 Å². The van der Waals surface area contributed by atoms with Gasteiger partial charge in [0.2, 0.25) is 5.91 Å². The monoisotopic (exact) mass is 320 g/mol. The molecule has 0 radical (unpaired) electrons. The molecule has 0 aliphatic heterocycles. The summed E-state index contributed by atoms with van der Waals surface area (Å²) in [6.45, 7) is 0.692. The van der Waals surface area contributed by atoms with E-state index in [9.17, 15) is 4.79 Å². The fourth-order valence-corrected chi connectivity index (χ4v) is 4.02. The van der Waals surface area contributed by atoms with E-state index in [1.807, 2.05) is 0 Å². The highest BCUT2D eigenvalue weighted by molar-refractivity contribution is 7.13. The van der Waals surface area contributed by atoms with Crippen LogP contribution in [-0.4, -0.2) is 32.4 Å². The van der Waals surface area contributed by atoms with Gasteiger partial charge in [-0.15, -0.1) is 11.3 Å². The summed E-state index contributed by atoms with van der Waals surface area (Å²) in [7, 11) is 0. The van der Waals surface area contributed by atoms with Crippen molar-refractivity contribution in [1.29, 1.82) is 0 Å². The van der Waals surface area contributed by atoms with Crippen molar-refractivity contribution in [1.82, 2.24) is 14.8 Å². The summed E-state index contributed by atoms with van der Waals surface area (Å²) in [4.78, 5) is 16.8. The zero-order valence-electron chi connectivity index (χ0n) is 12.4. The largest absolute Gasteiger partial charge is 0.396 e. The van der Waals surface area contributed by atoms with E-state index in [1.54, 1.807) is 16.0 Å². The molecule has 3 rings (SSSR count). The molecule has 2 heterocycles. The number of primary amides is 1. The van der Waals surface area contributed by atoms with Crippen LogP contribution < -0.4 is 5.73 Å². The summed E-state index contributed by atoms with van der Waals surface area (Å²) < 4.78 is 1.80. The van der Waals surface area contributed by atoms with Gasteiger partial charge in [-0.05, 0) is 48.6 Å². The third-order valence-corrected chi connectivity index (χ3v) is 4.95. The number of nitrogens with two attached hydrogens (primary N) is 1. The number of thiophene rings is 1. The molecule has 0 saturated carbocycles. The number of hydrogen-bond acceptors (Lipinski definition) is 5. The molecule has 0 bridgehead atoms. The summed E-state index contributed by atoms with van der Waals surface area (Å²) in [6.07, 6.45) is 5.31. The first kappa shape index (κ1) is 15.2. The zero-order chi connectivity index (χ0) is 15.5. The molecule has 1 amide bonds. The van der Waals surface area contributed by atoms with Gasteiger partial charge in [-0.25, -0.2) is 9.67 Å². The van der Waals surface area contributed by atoms with Crippen LogP contribution in [0.3, 0.4) is 0 Å². The van der Waals surface area contributed by atoms with Crippen LogP contribution in [0, 0.1) is 0 Å². The molecule has 22 heavy (non-hydrogen) atoms. The predicted molar refractivity (Wildman–Crippen MR) is 84.6 cm³/mol. The zero-order valence-corrected chi connectivity index (χ0v) is 13.2. The fraction of sp³-hybridized carbons (Fsp3) is 0.533. The summed E-state index contributed by atoms with van der Waals surface area (Å²) in [6, 6.07) is 0. The fourth-order valence-electron chi connectivity index (χ4n) is 2.87. The third kappa shape index (κ3) is 3.05. The first-order valence-corrected chi connectivity index (χ1v) is 8.49. The van der Waals surface area contributed by atoms with Crippen LogP contribution in [0.4, 0.5) is 0 Å². The first-order valence-electron chi connectivity index (χ1n) is 7.61. The van der Waals surface area contributed by atoms with Gasteiger partial charge in [0.05, 0.1) is 11.3 Å². The SMILES string of the molecule is NC(=O)Cc1nc(-c2scc3c2CCCC3)n(CCCO)n1. The van der Waals surface area contributed by atoms with E-state index >= 15 is 0 Å². The van der Waals surface area contributed by atoms with Crippen LogP contribution in [0.5, 0.6) is 0 Å². The number of aliphatic hydroxyl groups excluding tert-OH is 1. The Morgan fingerprint density at radius 2 is 2.23 bits per heavy atom. The quantitative estimate of drug-likeness (QED) is 0.838. The molecule has 1 aliphatic rings. The van der Waals surface area contributed by atoms with Gasteiger partial charge < -0.3 is 10.8 Å².